The van der Waals surface area contributed by atoms with Crippen LogP contribution in [0.4, 0.5) is 0 Å². The molecule has 1 heterocycles. The first kappa shape index (κ1) is 16.1. The van der Waals surface area contributed by atoms with Gasteiger partial charge in [0.25, 0.3) is 0 Å². The Kier molecular flexibility index (Phi) is 4.82. The lowest BCUT2D eigenvalue weighted by atomic mass is 10.1. The summed E-state index contributed by atoms with van der Waals surface area (Å²) in [4.78, 5) is 0. The summed E-state index contributed by atoms with van der Waals surface area (Å²) >= 11 is 0. The molecule has 24 heavy (non-hydrogen) atoms. The highest BCUT2D eigenvalue weighted by atomic mass is 16.5. The zero-order valence-corrected chi connectivity index (χ0v) is 13.9. The van der Waals surface area contributed by atoms with E-state index in [9.17, 15) is 0 Å². The van der Waals surface area contributed by atoms with E-state index in [4.69, 9.17) is 15.2 Å². The molecule has 0 unspecified atom stereocenters. The molecule has 0 aliphatic carbocycles. The molecule has 1 aromatic heterocycles. The minimum absolute atomic E-state index is 0.505. The van der Waals surface area contributed by atoms with E-state index >= 15 is 0 Å². The van der Waals surface area contributed by atoms with Crippen molar-refractivity contribution < 1.29 is 9.47 Å². The van der Waals surface area contributed by atoms with Gasteiger partial charge in [-0.05, 0) is 61.0 Å². The fourth-order valence-electron chi connectivity index (χ4n) is 2.59. The maximum atomic E-state index is 5.54. The SMILES string of the molecule is COc1ccc(-n2ncc(C)c2-c2ccc(OCCN)cc2)cc1. The fraction of sp³-hybridized carbons (Fsp3) is 0.211. The highest BCUT2D eigenvalue weighted by Gasteiger charge is 2.12. The highest BCUT2D eigenvalue weighted by Crippen LogP contribution is 2.28. The standard InChI is InChI=1S/C19H21N3O2/c1-14-13-21-22(16-5-9-17(23-2)10-6-16)19(14)15-3-7-18(8-4-15)24-12-11-20/h3-10,13H,11-12,20H2,1-2H3. The van der Waals surface area contributed by atoms with Crippen LogP contribution in [-0.4, -0.2) is 30.0 Å². The normalized spacial score (nSPS) is 10.6. The van der Waals surface area contributed by atoms with Crippen LogP contribution in [0, 0.1) is 6.92 Å². The summed E-state index contributed by atoms with van der Waals surface area (Å²) in [7, 11) is 1.66. The second-order valence-corrected chi connectivity index (χ2v) is 5.45. The number of methoxy groups -OCH3 is 1. The molecule has 0 fully saturated rings. The summed E-state index contributed by atoms with van der Waals surface area (Å²) in [6.07, 6.45) is 1.87. The van der Waals surface area contributed by atoms with Crippen molar-refractivity contribution in [1.82, 2.24) is 9.78 Å². The predicted molar refractivity (Wildman–Crippen MR) is 94.8 cm³/mol. The number of rotatable bonds is 6. The van der Waals surface area contributed by atoms with Gasteiger partial charge in [0.2, 0.25) is 0 Å². The van der Waals surface area contributed by atoms with Crippen molar-refractivity contribution in [3.8, 4) is 28.4 Å². The second-order valence-electron chi connectivity index (χ2n) is 5.45. The van der Waals surface area contributed by atoms with Gasteiger partial charge in [-0.15, -0.1) is 0 Å². The zero-order valence-electron chi connectivity index (χ0n) is 13.9. The van der Waals surface area contributed by atoms with Crippen LogP contribution in [0.2, 0.25) is 0 Å². The number of hydrogen-bond donors (Lipinski definition) is 1. The van der Waals surface area contributed by atoms with Gasteiger partial charge in [-0.3, -0.25) is 0 Å². The number of aryl methyl sites for hydroxylation is 1. The third-order valence-corrected chi connectivity index (χ3v) is 3.78. The average Bonchev–Trinajstić information content (AvgIpc) is 3.02. The molecule has 0 amide bonds. The van der Waals surface area contributed by atoms with E-state index in [1.54, 1.807) is 7.11 Å². The maximum absolute atomic E-state index is 5.54. The fourth-order valence-corrected chi connectivity index (χ4v) is 2.59. The minimum Gasteiger partial charge on any atom is -0.497 e. The number of ether oxygens (including phenoxy) is 2. The quantitative estimate of drug-likeness (QED) is 0.757. The number of nitrogens with two attached hydrogens (primary N) is 1. The predicted octanol–water partition coefficient (Wildman–Crippen LogP) is 3.19. The number of hydrogen-bond acceptors (Lipinski definition) is 4. The molecule has 0 bridgehead atoms. The Bertz CT molecular complexity index is 792. The van der Waals surface area contributed by atoms with Crippen LogP contribution in [0.15, 0.2) is 54.7 Å². The molecule has 0 radical (unpaired) electrons. The molecule has 0 saturated heterocycles. The van der Waals surface area contributed by atoms with Crippen LogP contribution >= 0.6 is 0 Å². The molecular formula is C19H21N3O2. The molecule has 3 aromatic rings. The molecule has 0 aliphatic heterocycles. The van der Waals surface area contributed by atoms with Gasteiger partial charge < -0.3 is 15.2 Å². The van der Waals surface area contributed by atoms with Crippen molar-refractivity contribution in [2.24, 2.45) is 5.73 Å². The number of benzene rings is 2. The van der Waals surface area contributed by atoms with Crippen molar-refractivity contribution in [2.45, 2.75) is 6.92 Å². The largest absolute Gasteiger partial charge is 0.497 e. The molecule has 0 aliphatic rings. The third-order valence-electron chi connectivity index (χ3n) is 3.78. The van der Waals surface area contributed by atoms with E-state index in [1.165, 1.54) is 0 Å². The summed E-state index contributed by atoms with van der Waals surface area (Å²) in [5.41, 5.74) is 9.71. The van der Waals surface area contributed by atoms with Gasteiger partial charge in [0.1, 0.15) is 18.1 Å². The molecule has 2 aromatic carbocycles. The van der Waals surface area contributed by atoms with Crippen LogP contribution in [0.3, 0.4) is 0 Å². The maximum Gasteiger partial charge on any atom is 0.119 e. The number of nitrogens with zero attached hydrogens (tertiary/aromatic N) is 2. The van der Waals surface area contributed by atoms with E-state index in [1.807, 2.05) is 59.4 Å². The van der Waals surface area contributed by atoms with Gasteiger partial charge in [-0.25, -0.2) is 4.68 Å². The van der Waals surface area contributed by atoms with Gasteiger partial charge >= 0.3 is 0 Å². The molecule has 5 heteroatoms. The van der Waals surface area contributed by atoms with E-state index in [-0.39, 0.29) is 0 Å². The van der Waals surface area contributed by atoms with Gasteiger partial charge in [0.15, 0.2) is 0 Å². The monoisotopic (exact) mass is 323 g/mol. The first-order chi connectivity index (χ1) is 11.7. The molecule has 3 rings (SSSR count). The van der Waals surface area contributed by atoms with Gasteiger partial charge in [-0.1, -0.05) is 0 Å². The summed E-state index contributed by atoms with van der Waals surface area (Å²) in [5, 5.41) is 4.52. The van der Waals surface area contributed by atoms with Gasteiger partial charge in [0, 0.05) is 12.1 Å². The summed E-state index contributed by atoms with van der Waals surface area (Å²) in [6.45, 7) is 3.08. The average molecular weight is 323 g/mol. The lowest BCUT2D eigenvalue weighted by Gasteiger charge is -2.11. The Labute approximate surface area is 141 Å². The van der Waals surface area contributed by atoms with E-state index < -0.39 is 0 Å². The Morgan fingerprint density at radius 2 is 1.67 bits per heavy atom. The van der Waals surface area contributed by atoms with E-state index in [2.05, 4.69) is 12.0 Å². The lowest BCUT2D eigenvalue weighted by Crippen LogP contribution is -2.10. The Hall–Kier alpha value is -2.79. The minimum atomic E-state index is 0.505. The summed E-state index contributed by atoms with van der Waals surface area (Å²) in [6, 6.07) is 15.8. The zero-order chi connectivity index (χ0) is 16.9. The van der Waals surface area contributed by atoms with Crippen LogP contribution in [0.1, 0.15) is 5.56 Å². The Morgan fingerprint density at radius 3 is 2.29 bits per heavy atom. The van der Waals surface area contributed by atoms with Crippen molar-refractivity contribution in [3.63, 3.8) is 0 Å². The molecule has 0 atom stereocenters. The number of aromatic nitrogens is 2. The van der Waals surface area contributed by atoms with Crippen LogP contribution in [0.5, 0.6) is 11.5 Å². The lowest BCUT2D eigenvalue weighted by molar-refractivity contribution is 0.328. The van der Waals surface area contributed by atoms with Crippen molar-refractivity contribution >= 4 is 0 Å². The van der Waals surface area contributed by atoms with Crippen LogP contribution < -0.4 is 15.2 Å². The molecule has 124 valence electrons. The summed E-state index contributed by atoms with van der Waals surface area (Å²) < 4.78 is 12.7. The first-order valence-corrected chi connectivity index (χ1v) is 7.85. The molecule has 0 saturated carbocycles. The Balaban J connectivity index is 1.94. The first-order valence-electron chi connectivity index (χ1n) is 7.85. The van der Waals surface area contributed by atoms with Crippen LogP contribution in [-0.2, 0) is 0 Å². The molecule has 2 N–H and O–H groups in total. The van der Waals surface area contributed by atoms with Crippen molar-refractivity contribution in [3.05, 3.63) is 60.3 Å². The summed E-state index contributed by atoms with van der Waals surface area (Å²) in [5.74, 6) is 1.64. The second kappa shape index (κ2) is 7.19. The van der Waals surface area contributed by atoms with Crippen molar-refractivity contribution in [2.75, 3.05) is 20.3 Å². The smallest absolute Gasteiger partial charge is 0.119 e. The van der Waals surface area contributed by atoms with Crippen LogP contribution in [0.25, 0.3) is 16.9 Å². The third kappa shape index (κ3) is 3.26. The molecule has 5 nitrogen and oxygen atoms in total. The van der Waals surface area contributed by atoms with Crippen molar-refractivity contribution in [1.29, 1.82) is 0 Å². The molecular weight excluding hydrogens is 302 g/mol. The topological polar surface area (TPSA) is 62.3 Å². The van der Waals surface area contributed by atoms with E-state index in [0.717, 1.165) is 34.0 Å². The van der Waals surface area contributed by atoms with Gasteiger partial charge in [0.05, 0.1) is 24.7 Å². The highest BCUT2D eigenvalue weighted by molar-refractivity contribution is 5.66. The van der Waals surface area contributed by atoms with Gasteiger partial charge in [-0.2, -0.15) is 5.10 Å². The molecule has 0 spiro atoms. The Morgan fingerprint density at radius 1 is 1.00 bits per heavy atom. The van der Waals surface area contributed by atoms with E-state index in [0.29, 0.717) is 13.2 Å².